The van der Waals surface area contributed by atoms with Crippen LogP contribution in [0.1, 0.15) is 10.4 Å². The summed E-state index contributed by atoms with van der Waals surface area (Å²) in [5, 5.41) is 0. The molecule has 0 aliphatic carbocycles. The molecule has 0 unspecified atom stereocenters. The van der Waals surface area contributed by atoms with Crippen molar-refractivity contribution in [3.8, 4) is 0 Å². The van der Waals surface area contributed by atoms with Crippen molar-refractivity contribution in [1.29, 1.82) is 0 Å². The van der Waals surface area contributed by atoms with Crippen molar-refractivity contribution < 1.29 is 45.5 Å². The fourth-order valence-electron chi connectivity index (χ4n) is 2.48. The first-order valence-corrected chi connectivity index (χ1v) is 9.33. The number of esters is 1. The molecule has 0 radical (unpaired) electrons. The van der Waals surface area contributed by atoms with Gasteiger partial charge in [0, 0.05) is 11.9 Å². The van der Waals surface area contributed by atoms with Gasteiger partial charge in [-0.05, 0) is 42.1 Å². The van der Waals surface area contributed by atoms with Crippen LogP contribution in [0.3, 0.4) is 0 Å². The molecule has 0 N–H and O–H groups in total. The molecule has 0 bridgehead atoms. The number of imide groups is 1. The minimum Gasteiger partial charge on any atom is -0.468 e. The average molecular weight is 480 g/mol. The molecule has 2 aromatic rings. The standard InChI is InChI=1S/C19H14F6N2O4S/c1-26(14-7-6-10(8-13(14)21)32-19(23,24)25)18(30)27(9-15(28)31-2)17(29)11-4-3-5-12(20)16(11)22/h3-8H,9H2,1-2H3. The Labute approximate surface area is 181 Å². The van der Waals surface area contributed by atoms with Gasteiger partial charge < -0.3 is 4.74 Å². The lowest BCUT2D eigenvalue weighted by Crippen LogP contribution is -2.48. The predicted octanol–water partition coefficient (Wildman–Crippen LogP) is 4.59. The smallest absolute Gasteiger partial charge is 0.446 e. The highest BCUT2D eigenvalue weighted by atomic mass is 32.2. The normalized spacial score (nSPS) is 11.1. The Morgan fingerprint density at radius 3 is 2.25 bits per heavy atom. The fourth-order valence-corrected chi connectivity index (χ4v) is 3.04. The van der Waals surface area contributed by atoms with E-state index in [0.717, 1.165) is 44.5 Å². The van der Waals surface area contributed by atoms with E-state index in [-0.39, 0.29) is 4.90 Å². The lowest BCUT2D eigenvalue weighted by molar-refractivity contribution is -0.140. The van der Waals surface area contributed by atoms with E-state index in [0.29, 0.717) is 11.0 Å². The van der Waals surface area contributed by atoms with Crippen LogP contribution in [0.15, 0.2) is 41.3 Å². The van der Waals surface area contributed by atoms with Gasteiger partial charge in [0.05, 0.1) is 18.4 Å². The van der Waals surface area contributed by atoms with E-state index in [9.17, 15) is 40.7 Å². The molecule has 6 nitrogen and oxygen atoms in total. The summed E-state index contributed by atoms with van der Waals surface area (Å²) in [4.78, 5) is 37.4. The first kappa shape index (κ1) is 25.0. The van der Waals surface area contributed by atoms with Gasteiger partial charge in [-0.1, -0.05) is 6.07 Å². The van der Waals surface area contributed by atoms with Crippen molar-refractivity contribution >= 4 is 35.4 Å². The van der Waals surface area contributed by atoms with Gasteiger partial charge in [-0.15, -0.1) is 0 Å². The Balaban J connectivity index is 2.40. The molecule has 0 aliphatic rings. The maximum Gasteiger partial charge on any atom is 0.446 e. The minimum atomic E-state index is -4.67. The van der Waals surface area contributed by atoms with Crippen molar-refractivity contribution in [2.45, 2.75) is 10.4 Å². The van der Waals surface area contributed by atoms with E-state index >= 15 is 0 Å². The number of halogens is 6. The third-order valence-electron chi connectivity index (χ3n) is 3.97. The molecule has 0 aliphatic heterocycles. The second kappa shape index (κ2) is 9.94. The zero-order valence-electron chi connectivity index (χ0n) is 16.4. The first-order chi connectivity index (χ1) is 14.9. The number of thioether (sulfide) groups is 1. The molecule has 0 saturated carbocycles. The van der Waals surface area contributed by atoms with Crippen LogP contribution < -0.4 is 4.90 Å². The molecule has 3 amide bonds. The summed E-state index contributed by atoms with van der Waals surface area (Å²) in [5.41, 5.74) is -6.09. The summed E-state index contributed by atoms with van der Waals surface area (Å²) in [5.74, 6) is -6.73. The van der Waals surface area contributed by atoms with Crippen molar-refractivity contribution in [1.82, 2.24) is 4.90 Å². The van der Waals surface area contributed by atoms with Crippen LogP contribution in [0.5, 0.6) is 0 Å². The highest BCUT2D eigenvalue weighted by Gasteiger charge is 2.33. The Hall–Kier alpha value is -3.22. The molecule has 0 spiro atoms. The molecular formula is C19H14F6N2O4S. The molecule has 13 heteroatoms. The van der Waals surface area contributed by atoms with E-state index < -0.39 is 75.3 Å². The average Bonchev–Trinajstić information content (AvgIpc) is 2.71. The molecule has 0 fully saturated rings. The number of nitrogens with zero attached hydrogens (tertiary/aromatic N) is 2. The summed E-state index contributed by atoms with van der Waals surface area (Å²) >= 11 is -0.580. The van der Waals surface area contributed by atoms with Gasteiger partial charge in [0.25, 0.3) is 5.91 Å². The number of benzene rings is 2. The van der Waals surface area contributed by atoms with Crippen molar-refractivity contribution in [3.05, 3.63) is 59.4 Å². The Kier molecular flexibility index (Phi) is 7.78. The van der Waals surface area contributed by atoms with Crippen LogP contribution in [0.2, 0.25) is 0 Å². The molecule has 172 valence electrons. The maximum atomic E-state index is 14.4. The van der Waals surface area contributed by atoms with Gasteiger partial charge in [-0.25, -0.2) is 22.9 Å². The topological polar surface area (TPSA) is 66.9 Å². The quantitative estimate of drug-likeness (QED) is 0.356. The SMILES string of the molecule is COC(=O)CN(C(=O)c1cccc(F)c1F)C(=O)N(C)c1ccc(SC(F)(F)F)cc1F. The summed E-state index contributed by atoms with van der Waals surface area (Å²) in [6.45, 7) is -1.03. The van der Waals surface area contributed by atoms with E-state index in [4.69, 9.17) is 0 Å². The number of hydrogen-bond donors (Lipinski definition) is 0. The molecule has 0 atom stereocenters. The Morgan fingerprint density at radius 1 is 1.03 bits per heavy atom. The van der Waals surface area contributed by atoms with Crippen molar-refractivity contribution in [3.63, 3.8) is 0 Å². The van der Waals surface area contributed by atoms with Crippen LogP contribution in [-0.2, 0) is 9.53 Å². The molecule has 0 aromatic heterocycles. The number of amides is 3. The Morgan fingerprint density at radius 2 is 1.69 bits per heavy atom. The van der Waals surface area contributed by atoms with E-state index in [1.165, 1.54) is 0 Å². The van der Waals surface area contributed by atoms with E-state index in [2.05, 4.69) is 4.74 Å². The molecule has 32 heavy (non-hydrogen) atoms. The number of hydrogen-bond acceptors (Lipinski definition) is 5. The van der Waals surface area contributed by atoms with Crippen molar-refractivity contribution in [2.75, 3.05) is 25.6 Å². The second-order valence-electron chi connectivity index (χ2n) is 6.07. The minimum absolute atomic E-state index is 0.182. The number of urea groups is 1. The lowest BCUT2D eigenvalue weighted by Gasteiger charge is -2.26. The van der Waals surface area contributed by atoms with Crippen molar-refractivity contribution in [2.24, 2.45) is 0 Å². The number of methoxy groups -OCH3 is 1. The van der Waals surface area contributed by atoms with Crippen LogP contribution >= 0.6 is 11.8 Å². The summed E-state index contributed by atoms with van der Waals surface area (Å²) in [7, 11) is 1.91. The number of carbonyl (C=O) groups excluding carboxylic acids is 3. The number of alkyl halides is 3. The van der Waals surface area contributed by atoms with Gasteiger partial charge in [0.1, 0.15) is 12.4 Å². The van der Waals surface area contributed by atoms with Crippen LogP contribution in [0.4, 0.5) is 36.8 Å². The number of anilines is 1. The first-order valence-electron chi connectivity index (χ1n) is 8.51. The van der Waals surface area contributed by atoms with Crippen LogP contribution in [0.25, 0.3) is 0 Å². The predicted molar refractivity (Wildman–Crippen MR) is 102 cm³/mol. The monoisotopic (exact) mass is 480 g/mol. The maximum absolute atomic E-state index is 14.4. The third-order valence-corrected chi connectivity index (χ3v) is 4.70. The zero-order valence-corrected chi connectivity index (χ0v) is 17.2. The van der Waals surface area contributed by atoms with E-state index in [1.807, 2.05) is 0 Å². The number of carbonyl (C=O) groups is 3. The second-order valence-corrected chi connectivity index (χ2v) is 7.21. The fraction of sp³-hybridized carbons (Fsp3) is 0.211. The number of rotatable bonds is 5. The largest absolute Gasteiger partial charge is 0.468 e. The summed E-state index contributed by atoms with van der Waals surface area (Å²) < 4.78 is 83.7. The van der Waals surface area contributed by atoms with Crippen LogP contribution in [-0.4, -0.2) is 49.0 Å². The van der Waals surface area contributed by atoms with Gasteiger partial charge >= 0.3 is 17.5 Å². The lowest BCUT2D eigenvalue weighted by atomic mass is 10.1. The van der Waals surface area contributed by atoms with Crippen LogP contribution in [0, 0.1) is 17.5 Å². The summed E-state index contributed by atoms with van der Waals surface area (Å²) in [6.07, 6.45) is 0. The van der Waals surface area contributed by atoms with Gasteiger partial charge in [-0.2, -0.15) is 13.2 Å². The molecule has 2 rings (SSSR count). The van der Waals surface area contributed by atoms with Gasteiger partial charge in [0.2, 0.25) is 0 Å². The third kappa shape index (κ3) is 5.93. The molecular weight excluding hydrogens is 466 g/mol. The van der Waals surface area contributed by atoms with Gasteiger partial charge in [0.15, 0.2) is 11.6 Å². The molecule has 0 saturated heterocycles. The summed E-state index contributed by atoms with van der Waals surface area (Å²) in [6, 6.07) is 3.49. The highest BCUT2D eigenvalue weighted by molar-refractivity contribution is 8.00. The zero-order chi connectivity index (χ0) is 24.2. The highest BCUT2D eigenvalue weighted by Crippen LogP contribution is 2.38. The number of ether oxygens (including phenoxy) is 1. The molecule has 2 aromatic carbocycles. The van der Waals surface area contributed by atoms with E-state index in [1.54, 1.807) is 0 Å². The molecule has 0 heterocycles. The Bertz CT molecular complexity index is 1050. The van der Waals surface area contributed by atoms with Gasteiger partial charge in [-0.3, -0.25) is 14.5 Å².